The summed E-state index contributed by atoms with van der Waals surface area (Å²) in [7, 11) is 0. The van der Waals surface area contributed by atoms with Gasteiger partial charge in [-0.15, -0.1) is 0 Å². The summed E-state index contributed by atoms with van der Waals surface area (Å²) in [5, 5.41) is 20.4. The van der Waals surface area contributed by atoms with Crippen LogP contribution >= 0.6 is 0 Å². The minimum atomic E-state index is -0.0849. The van der Waals surface area contributed by atoms with E-state index in [2.05, 4.69) is 69.2 Å². The van der Waals surface area contributed by atoms with Crippen molar-refractivity contribution in [3.63, 3.8) is 0 Å². The largest absolute Gasteiger partial charge is 0.393 e. The molecule has 2 nitrogen and oxygen atoms in total. The molecular weight excluding hydrogens is 512 g/mol. The zero-order valence-corrected chi connectivity index (χ0v) is 30.4. The number of aliphatic hydroxyl groups is 2. The van der Waals surface area contributed by atoms with Crippen molar-refractivity contribution in [1.82, 2.24) is 0 Å². The Kier molecular flexibility index (Phi) is 16.5. The molecule has 0 amide bonds. The maximum absolute atomic E-state index is 10.2. The summed E-state index contributed by atoms with van der Waals surface area (Å²) in [6, 6.07) is 0. The molecule has 42 heavy (non-hydrogen) atoms. The van der Waals surface area contributed by atoms with Crippen molar-refractivity contribution in [2.45, 2.75) is 197 Å². The third kappa shape index (κ3) is 13.5. The average molecular weight is 591 g/mol. The molecule has 0 aromatic rings. The number of aliphatic hydroxyl groups excluding tert-OH is 2. The van der Waals surface area contributed by atoms with Crippen molar-refractivity contribution >= 4 is 0 Å². The van der Waals surface area contributed by atoms with Gasteiger partial charge in [0.1, 0.15) is 0 Å². The quantitative estimate of drug-likeness (QED) is 0.147. The summed E-state index contributed by atoms with van der Waals surface area (Å²) >= 11 is 0. The lowest BCUT2D eigenvalue weighted by molar-refractivity contribution is -0.0178. The van der Waals surface area contributed by atoms with Crippen LogP contribution in [-0.2, 0) is 0 Å². The molecule has 0 aromatic heterocycles. The fourth-order valence-electron chi connectivity index (χ4n) is 9.88. The van der Waals surface area contributed by atoms with Crippen LogP contribution in [-0.4, -0.2) is 22.4 Å². The molecule has 0 aliphatic heterocycles. The van der Waals surface area contributed by atoms with Gasteiger partial charge in [0.05, 0.1) is 12.2 Å². The van der Waals surface area contributed by atoms with Gasteiger partial charge in [-0.1, -0.05) is 146 Å². The molecule has 0 saturated heterocycles. The van der Waals surface area contributed by atoms with Crippen LogP contribution in [0, 0.1) is 58.2 Å². The van der Waals surface area contributed by atoms with Crippen molar-refractivity contribution in [3.8, 4) is 0 Å². The van der Waals surface area contributed by atoms with Gasteiger partial charge in [-0.25, -0.2) is 0 Å². The lowest BCUT2D eigenvalue weighted by Crippen LogP contribution is -2.40. The maximum Gasteiger partial charge on any atom is 0.0548 e. The third-order valence-corrected chi connectivity index (χ3v) is 12.6. The minimum Gasteiger partial charge on any atom is -0.393 e. The van der Waals surface area contributed by atoms with Gasteiger partial charge < -0.3 is 10.2 Å². The van der Waals surface area contributed by atoms with Crippen LogP contribution in [0.3, 0.4) is 0 Å². The average Bonchev–Trinajstić information content (AvgIpc) is 2.84. The van der Waals surface area contributed by atoms with E-state index in [1.165, 1.54) is 89.9 Å². The molecule has 2 saturated carbocycles. The Morgan fingerprint density at radius 3 is 1.10 bits per heavy atom. The molecule has 2 rings (SSSR count). The van der Waals surface area contributed by atoms with Crippen LogP contribution in [0.4, 0.5) is 0 Å². The highest BCUT2D eigenvalue weighted by Crippen LogP contribution is 2.48. The lowest BCUT2D eigenvalue weighted by atomic mass is 9.61. The molecule has 2 aliphatic rings. The van der Waals surface area contributed by atoms with Gasteiger partial charge >= 0.3 is 0 Å². The van der Waals surface area contributed by atoms with E-state index in [4.69, 9.17) is 0 Å². The van der Waals surface area contributed by atoms with Crippen molar-refractivity contribution < 1.29 is 10.2 Å². The van der Waals surface area contributed by atoms with Gasteiger partial charge in [-0.05, 0) is 96.7 Å². The van der Waals surface area contributed by atoms with Gasteiger partial charge in [-0.2, -0.15) is 0 Å². The van der Waals surface area contributed by atoms with Gasteiger partial charge in [0.25, 0.3) is 0 Å². The van der Waals surface area contributed by atoms with Crippen LogP contribution < -0.4 is 0 Å². The molecule has 0 unspecified atom stereocenters. The minimum absolute atomic E-state index is 0.0849. The lowest BCUT2D eigenvalue weighted by Gasteiger charge is -2.45. The highest BCUT2D eigenvalue weighted by Gasteiger charge is 2.41. The monoisotopic (exact) mass is 591 g/mol. The standard InChI is InChI=1S/C40H78O2/c1-29(17-13-19-31(3)21-23-37-33(5)25-35(41)27-39(37,7)8)15-11-12-16-30(2)18-14-20-32(4)22-24-38-34(6)26-36(42)28-40(38,9)10/h29-38,41-42H,11-28H2,1-10H3/t29-,30-,31+,32+,33-,34+,35-,36-,37-,38+/m1/s1. The second-order valence-corrected chi connectivity index (χ2v) is 18.1. The summed E-state index contributed by atoms with van der Waals surface area (Å²) in [6.45, 7) is 24.2. The molecule has 0 bridgehead atoms. The first-order chi connectivity index (χ1) is 19.6. The van der Waals surface area contributed by atoms with E-state index < -0.39 is 0 Å². The van der Waals surface area contributed by atoms with Gasteiger partial charge in [-0.3, -0.25) is 0 Å². The maximum atomic E-state index is 10.2. The van der Waals surface area contributed by atoms with Crippen molar-refractivity contribution in [1.29, 1.82) is 0 Å². The SMILES string of the molecule is C[C@H](CCCC[C@@H](C)CCC[C@H](C)CC[C@H]1[C@@H](C)C[C@@H](O)CC1(C)C)CCC[C@H](C)CC[C@@H]1[C@H](C)C[C@@H](O)CC1(C)C. The Morgan fingerprint density at radius 2 is 0.786 bits per heavy atom. The van der Waals surface area contributed by atoms with Crippen LogP contribution in [0.2, 0.25) is 0 Å². The zero-order chi connectivity index (χ0) is 31.5. The molecule has 10 atom stereocenters. The molecule has 0 heterocycles. The number of rotatable bonds is 19. The van der Waals surface area contributed by atoms with Crippen LogP contribution in [0.5, 0.6) is 0 Å². The Balaban J connectivity index is 1.48. The molecule has 2 aliphatic carbocycles. The second kappa shape index (κ2) is 18.2. The van der Waals surface area contributed by atoms with Crippen molar-refractivity contribution in [2.75, 3.05) is 0 Å². The Labute approximate surface area is 265 Å². The first kappa shape index (κ1) is 38.1. The highest BCUT2D eigenvalue weighted by atomic mass is 16.3. The van der Waals surface area contributed by atoms with Gasteiger partial charge in [0.15, 0.2) is 0 Å². The summed E-state index contributed by atoms with van der Waals surface area (Å²) in [6.07, 6.45) is 23.3. The summed E-state index contributed by atoms with van der Waals surface area (Å²) < 4.78 is 0. The van der Waals surface area contributed by atoms with E-state index in [-0.39, 0.29) is 12.2 Å². The normalized spacial score (nSPS) is 32.3. The number of unbranched alkanes of at least 4 members (excludes halogenated alkanes) is 1. The number of hydrogen-bond acceptors (Lipinski definition) is 2. The van der Waals surface area contributed by atoms with E-state index in [0.29, 0.717) is 22.7 Å². The topological polar surface area (TPSA) is 40.5 Å². The first-order valence-corrected chi connectivity index (χ1v) is 19.0. The van der Waals surface area contributed by atoms with E-state index in [0.717, 1.165) is 61.2 Å². The van der Waals surface area contributed by atoms with Crippen LogP contribution in [0.15, 0.2) is 0 Å². The molecule has 0 aromatic carbocycles. The molecule has 2 N–H and O–H groups in total. The number of hydrogen-bond donors (Lipinski definition) is 2. The summed E-state index contributed by atoms with van der Waals surface area (Å²) in [5.74, 6) is 6.30. The zero-order valence-electron chi connectivity index (χ0n) is 30.4. The van der Waals surface area contributed by atoms with Gasteiger partial charge in [0.2, 0.25) is 0 Å². The fourth-order valence-corrected chi connectivity index (χ4v) is 9.88. The molecule has 2 heteroatoms. The molecule has 0 radical (unpaired) electrons. The van der Waals surface area contributed by atoms with Crippen molar-refractivity contribution in [2.24, 2.45) is 58.2 Å². The van der Waals surface area contributed by atoms with Crippen molar-refractivity contribution in [3.05, 3.63) is 0 Å². The third-order valence-electron chi connectivity index (χ3n) is 12.6. The Morgan fingerprint density at radius 1 is 0.500 bits per heavy atom. The summed E-state index contributed by atoms with van der Waals surface area (Å²) in [5.41, 5.74) is 0.581. The molecular formula is C40H78O2. The molecule has 2 fully saturated rings. The predicted octanol–water partition coefficient (Wildman–Crippen LogP) is 11.9. The summed E-state index contributed by atoms with van der Waals surface area (Å²) in [4.78, 5) is 0. The molecule has 0 spiro atoms. The van der Waals surface area contributed by atoms with Gasteiger partial charge in [0, 0.05) is 0 Å². The van der Waals surface area contributed by atoms with E-state index in [1.807, 2.05) is 0 Å². The second-order valence-electron chi connectivity index (χ2n) is 18.1. The Hall–Kier alpha value is -0.0800. The molecule has 250 valence electrons. The van der Waals surface area contributed by atoms with E-state index in [1.54, 1.807) is 0 Å². The van der Waals surface area contributed by atoms with E-state index >= 15 is 0 Å². The van der Waals surface area contributed by atoms with Crippen LogP contribution in [0.25, 0.3) is 0 Å². The first-order valence-electron chi connectivity index (χ1n) is 19.0. The van der Waals surface area contributed by atoms with Crippen LogP contribution in [0.1, 0.15) is 185 Å². The van der Waals surface area contributed by atoms with E-state index in [9.17, 15) is 10.2 Å². The predicted molar refractivity (Wildman–Crippen MR) is 185 cm³/mol. The Bertz CT molecular complexity index is 652. The highest BCUT2D eigenvalue weighted by molar-refractivity contribution is 4.91. The fraction of sp³-hybridized carbons (Fsp3) is 1.00. The smallest absolute Gasteiger partial charge is 0.0548 e.